The van der Waals surface area contributed by atoms with E-state index >= 15 is 0 Å². The number of methoxy groups -OCH3 is 2. The molecule has 1 aromatic rings. The molecule has 1 atom stereocenters. The largest absolute Gasteiger partial charge is 0.497 e. The summed E-state index contributed by atoms with van der Waals surface area (Å²) in [5, 5.41) is 3.17. The molecule has 0 saturated carbocycles. The number of nitrogens with one attached hydrogen (secondary N) is 1. The van der Waals surface area contributed by atoms with Gasteiger partial charge in [-0.2, -0.15) is 0 Å². The molecule has 0 aliphatic heterocycles. The van der Waals surface area contributed by atoms with E-state index in [-0.39, 0.29) is 5.91 Å². The summed E-state index contributed by atoms with van der Waals surface area (Å²) in [5.41, 5.74) is 5.92. The van der Waals surface area contributed by atoms with Crippen molar-refractivity contribution in [3.05, 3.63) is 29.8 Å². The molecule has 0 aliphatic carbocycles. The molecule has 0 saturated heterocycles. The van der Waals surface area contributed by atoms with Crippen LogP contribution in [0, 0.1) is 0 Å². The Morgan fingerprint density at radius 3 is 2.45 bits per heavy atom. The first-order chi connectivity index (χ1) is 9.51. The van der Waals surface area contributed by atoms with E-state index < -0.39 is 5.54 Å². The van der Waals surface area contributed by atoms with Gasteiger partial charge in [-0.15, -0.1) is 0 Å². The van der Waals surface area contributed by atoms with Gasteiger partial charge in [0.2, 0.25) is 5.91 Å². The van der Waals surface area contributed by atoms with E-state index in [0.29, 0.717) is 19.6 Å². The molecule has 0 spiro atoms. The van der Waals surface area contributed by atoms with Gasteiger partial charge >= 0.3 is 0 Å². The lowest BCUT2D eigenvalue weighted by molar-refractivity contribution is -0.124. The summed E-state index contributed by atoms with van der Waals surface area (Å²) in [6, 6.07) is 7.81. The van der Waals surface area contributed by atoms with E-state index in [1.54, 1.807) is 14.2 Å². The number of amides is 1. The van der Waals surface area contributed by atoms with E-state index in [0.717, 1.165) is 17.7 Å². The summed E-state index contributed by atoms with van der Waals surface area (Å²) in [5.74, 6) is 0.478. The smallest absolute Gasteiger partial charge is 0.237 e. The Labute approximate surface area is 120 Å². The molecule has 1 unspecified atom stereocenters. The van der Waals surface area contributed by atoms with Crippen molar-refractivity contribution in [3.63, 3.8) is 0 Å². The van der Waals surface area contributed by atoms with Crippen molar-refractivity contribution >= 4 is 5.91 Å². The monoisotopic (exact) mass is 280 g/mol. The second-order valence-electron chi connectivity index (χ2n) is 4.96. The molecular formula is C15H24N2O3. The maximum absolute atomic E-state index is 11.6. The Morgan fingerprint density at radius 1 is 1.30 bits per heavy atom. The molecule has 5 nitrogen and oxygen atoms in total. The number of hydrogen-bond acceptors (Lipinski definition) is 4. The lowest BCUT2D eigenvalue weighted by atomic mass is 9.92. The van der Waals surface area contributed by atoms with Gasteiger partial charge in [-0.05, 0) is 37.5 Å². The van der Waals surface area contributed by atoms with Crippen molar-refractivity contribution < 1.29 is 14.3 Å². The third-order valence-electron chi connectivity index (χ3n) is 3.44. The van der Waals surface area contributed by atoms with Gasteiger partial charge in [0.1, 0.15) is 5.75 Å². The fraction of sp³-hybridized carbons (Fsp3) is 0.533. The van der Waals surface area contributed by atoms with Gasteiger partial charge in [-0.1, -0.05) is 12.1 Å². The van der Waals surface area contributed by atoms with E-state index in [4.69, 9.17) is 15.2 Å². The van der Waals surface area contributed by atoms with Gasteiger partial charge in [0.25, 0.3) is 0 Å². The fourth-order valence-electron chi connectivity index (χ4n) is 1.91. The van der Waals surface area contributed by atoms with Crippen LogP contribution < -0.4 is 15.8 Å². The first-order valence-corrected chi connectivity index (χ1v) is 6.68. The summed E-state index contributed by atoms with van der Waals surface area (Å²) < 4.78 is 10.1. The summed E-state index contributed by atoms with van der Waals surface area (Å²) in [6.07, 6.45) is 1.40. The molecule has 1 rings (SSSR count). The number of benzene rings is 1. The van der Waals surface area contributed by atoms with Gasteiger partial charge in [0.15, 0.2) is 0 Å². The summed E-state index contributed by atoms with van der Waals surface area (Å²) in [6.45, 7) is 2.97. The molecule has 0 heterocycles. The van der Waals surface area contributed by atoms with Crippen LogP contribution in [0.25, 0.3) is 0 Å². The number of rotatable bonds is 9. The molecule has 1 amide bonds. The molecule has 112 valence electrons. The van der Waals surface area contributed by atoms with E-state index in [1.807, 2.05) is 31.2 Å². The highest BCUT2D eigenvalue weighted by molar-refractivity contribution is 5.84. The van der Waals surface area contributed by atoms with Crippen LogP contribution in [0.3, 0.4) is 0 Å². The number of carbonyl (C=O) groups excluding carboxylic acids is 1. The van der Waals surface area contributed by atoms with Crippen molar-refractivity contribution in [2.45, 2.75) is 25.3 Å². The molecule has 0 fully saturated rings. The van der Waals surface area contributed by atoms with Crippen LogP contribution in [0.2, 0.25) is 0 Å². The van der Waals surface area contributed by atoms with Crippen molar-refractivity contribution in [1.29, 1.82) is 0 Å². The fourth-order valence-corrected chi connectivity index (χ4v) is 1.91. The maximum atomic E-state index is 11.6. The standard InChI is InChI=1S/C15H24N2O3/c1-15(14(16)18,17-10-11-19-2)9-8-12-4-6-13(20-3)7-5-12/h4-7,17H,8-11H2,1-3H3,(H2,16,18). The van der Waals surface area contributed by atoms with E-state index in [2.05, 4.69) is 5.32 Å². The zero-order chi connectivity index (χ0) is 15.0. The van der Waals surface area contributed by atoms with Crippen LogP contribution in [0.4, 0.5) is 0 Å². The Kier molecular flexibility index (Phi) is 6.48. The zero-order valence-electron chi connectivity index (χ0n) is 12.4. The predicted molar refractivity (Wildman–Crippen MR) is 78.8 cm³/mol. The number of primary amides is 1. The maximum Gasteiger partial charge on any atom is 0.237 e. The zero-order valence-corrected chi connectivity index (χ0v) is 12.4. The van der Waals surface area contributed by atoms with Crippen LogP contribution in [-0.2, 0) is 16.0 Å². The van der Waals surface area contributed by atoms with Gasteiger partial charge in [0.05, 0.1) is 19.3 Å². The average Bonchev–Trinajstić information content (AvgIpc) is 2.46. The molecule has 0 radical (unpaired) electrons. The minimum atomic E-state index is -0.724. The van der Waals surface area contributed by atoms with Crippen LogP contribution in [0.15, 0.2) is 24.3 Å². The van der Waals surface area contributed by atoms with Crippen LogP contribution in [0.1, 0.15) is 18.9 Å². The molecule has 5 heteroatoms. The highest BCUT2D eigenvalue weighted by Gasteiger charge is 2.29. The van der Waals surface area contributed by atoms with E-state index in [1.165, 1.54) is 0 Å². The second kappa shape index (κ2) is 7.87. The molecule has 3 N–H and O–H groups in total. The topological polar surface area (TPSA) is 73.6 Å². The Hall–Kier alpha value is -1.59. The Bertz CT molecular complexity index is 420. The Balaban J connectivity index is 2.58. The molecule has 0 aromatic heterocycles. The summed E-state index contributed by atoms with van der Waals surface area (Å²) in [7, 11) is 3.26. The molecular weight excluding hydrogens is 256 g/mol. The number of carbonyl (C=O) groups is 1. The number of hydrogen-bond donors (Lipinski definition) is 2. The molecule has 0 bridgehead atoms. The van der Waals surface area contributed by atoms with Gasteiger partial charge in [-0.25, -0.2) is 0 Å². The number of nitrogens with two attached hydrogens (primary N) is 1. The summed E-state index contributed by atoms with van der Waals surface area (Å²) >= 11 is 0. The van der Waals surface area contributed by atoms with Crippen molar-refractivity contribution in [1.82, 2.24) is 5.32 Å². The van der Waals surface area contributed by atoms with Crippen LogP contribution in [0.5, 0.6) is 5.75 Å². The van der Waals surface area contributed by atoms with Gasteiger partial charge in [-0.3, -0.25) is 4.79 Å². The SMILES string of the molecule is COCCNC(C)(CCc1ccc(OC)cc1)C(N)=O. The first kappa shape index (κ1) is 16.5. The summed E-state index contributed by atoms with van der Waals surface area (Å²) in [4.78, 5) is 11.6. The second-order valence-corrected chi connectivity index (χ2v) is 4.96. The lowest BCUT2D eigenvalue weighted by Gasteiger charge is -2.27. The van der Waals surface area contributed by atoms with Crippen LogP contribution >= 0.6 is 0 Å². The third-order valence-corrected chi connectivity index (χ3v) is 3.44. The normalized spacial score (nSPS) is 13.8. The Morgan fingerprint density at radius 2 is 1.95 bits per heavy atom. The minimum Gasteiger partial charge on any atom is -0.497 e. The minimum absolute atomic E-state index is 0.345. The quantitative estimate of drug-likeness (QED) is 0.665. The third kappa shape index (κ3) is 4.83. The van der Waals surface area contributed by atoms with Gasteiger partial charge in [0, 0.05) is 13.7 Å². The van der Waals surface area contributed by atoms with Crippen molar-refractivity contribution in [2.75, 3.05) is 27.4 Å². The molecule has 20 heavy (non-hydrogen) atoms. The average molecular weight is 280 g/mol. The van der Waals surface area contributed by atoms with E-state index in [9.17, 15) is 4.79 Å². The first-order valence-electron chi connectivity index (χ1n) is 6.68. The molecule has 1 aromatic carbocycles. The van der Waals surface area contributed by atoms with Crippen molar-refractivity contribution in [3.8, 4) is 5.75 Å². The predicted octanol–water partition coefficient (Wildman–Crippen LogP) is 1.11. The number of ether oxygens (including phenoxy) is 2. The van der Waals surface area contributed by atoms with Gasteiger partial charge < -0.3 is 20.5 Å². The van der Waals surface area contributed by atoms with Crippen LogP contribution in [-0.4, -0.2) is 38.8 Å². The van der Waals surface area contributed by atoms with Crippen molar-refractivity contribution in [2.24, 2.45) is 5.73 Å². The molecule has 0 aliphatic rings. The highest BCUT2D eigenvalue weighted by atomic mass is 16.5. The lowest BCUT2D eigenvalue weighted by Crippen LogP contribution is -2.54. The highest BCUT2D eigenvalue weighted by Crippen LogP contribution is 2.17. The number of aryl methyl sites for hydroxylation is 1.